The molecule has 3 heterocycles. The molecule has 0 spiro atoms. The highest BCUT2D eigenvalue weighted by atomic mass is 35.5. The maximum atomic E-state index is 6.06. The van der Waals surface area contributed by atoms with E-state index >= 15 is 0 Å². The van der Waals surface area contributed by atoms with Gasteiger partial charge in [-0.25, -0.2) is 4.98 Å². The predicted molar refractivity (Wildman–Crippen MR) is 79.7 cm³/mol. The molecule has 0 bridgehead atoms. The summed E-state index contributed by atoms with van der Waals surface area (Å²) in [4.78, 5) is 8.49. The standard InChI is InChI=1S/C14H18ClN3S/c1-3-11-10-5-7-19-12(10)4-6-18(11)9-14-16-8-13(15)17(14)2/h5,7-8,11H,3-4,6,9H2,1-2H3/t11-/m1/s1. The molecule has 0 amide bonds. The van der Waals surface area contributed by atoms with Crippen LogP contribution in [0.15, 0.2) is 17.6 Å². The van der Waals surface area contributed by atoms with Crippen LogP contribution in [0.25, 0.3) is 0 Å². The molecule has 0 unspecified atom stereocenters. The molecule has 2 aromatic rings. The van der Waals surface area contributed by atoms with Gasteiger partial charge in [0.25, 0.3) is 0 Å². The van der Waals surface area contributed by atoms with E-state index in [9.17, 15) is 0 Å². The summed E-state index contributed by atoms with van der Waals surface area (Å²) in [5.74, 6) is 1.04. The average molecular weight is 296 g/mol. The van der Waals surface area contributed by atoms with Crippen molar-refractivity contribution in [1.29, 1.82) is 0 Å². The van der Waals surface area contributed by atoms with E-state index in [1.54, 1.807) is 11.1 Å². The van der Waals surface area contributed by atoms with Crippen LogP contribution in [-0.4, -0.2) is 21.0 Å². The summed E-state index contributed by atoms with van der Waals surface area (Å²) in [6.07, 6.45) is 4.03. The number of halogens is 1. The van der Waals surface area contributed by atoms with Gasteiger partial charge in [-0.2, -0.15) is 0 Å². The van der Waals surface area contributed by atoms with Gasteiger partial charge in [-0.15, -0.1) is 11.3 Å². The van der Waals surface area contributed by atoms with Crippen LogP contribution in [0.3, 0.4) is 0 Å². The van der Waals surface area contributed by atoms with Crippen molar-refractivity contribution in [2.75, 3.05) is 6.54 Å². The summed E-state index contributed by atoms with van der Waals surface area (Å²) >= 11 is 7.96. The molecular weight excluding hydrogens is 278 g/mol. The van der Waals surface area contributed by atoms with E-state index in [2.05, 4.69) is 28.3 Å². The van der Waals surface area contributed by atoms with Gasteiger partial charge in [0, 0.05) is 24.5 Å². The molecule has 1 aliphatic rings. The summed E-state index contributed by atoms with van der Waals surface area (Å²) in [7, 11) is 1.98. The summed E-state index contributed by atoms with van der Waals surface area (Å²) in [5.41, 5.74) is 1.51. The minimum Gasteiger partial charge on any atom is -0.321 e. The number of fused-ring (bicyclic) bond motifs is 1. The molecule has 3 rings (SSSR count). The number of hydrogen-bond donors (Lipinski definition) is 0. The van der Waals surface area contributed by atoms with E-state index in [1.807, 2.05) is 23.0 Å². The van der Waals surface area contributed by atoms with Crippen LogP contribution in [0.4, 0.5) is 0 Å². The third kappa shape index (κ3) is 2.33. The third-order valence-corrected chi connectivity index (χ3v) is 5.31. The van der Waals surface area contributed by atoms with Crippen molar-refractivity contribution in [3.63, 3.8) is 0 Å². The van der Waals surface area contributed by atoms with Crippen molar-refractivity contribution < 1.29 is 0 Å². The summed E-state index contributed by atoms with van der Waals surface area (Å²) in [6.45, 7) is 4.24. The van der Waals surface area contributed by atoms with Gasteiger partial charge < -0.3 is 4.57 Å². The highest BCUT2D eigenvalue weighted by molar-refractivity contribution is 7.10. The Hall–Kier alpha value is -0.840. The molecule has 3 nitrogen and oxygen atoms in total. The van der Waals surface area contributed by atoms with Crippen molar-refractivity contribution in [3.8, 4) is 0 Å². The minimum absolute atomic E-state index is 0.519. The highest BCUT2D eigenvalue weighted by Gasteiger charge is 2.27. The van der Waals surface area contributed by atoms with Crippen LogP contribution in [0.1, 0.15) is 35.7 Å². The van der Waals surface area contributed by atoms with E-state index in [0.717, 1.165) is 31.8 Å². The second kappa shape index (κ2) is 5.27. The fourth-order valence-electron chi connectivity index (χ4n) is 2.87. The van der Waals surface area contributed by atoms with Crippen molar-refractivity contribution >= 4 is 22.9 Å². The minimum atomic E-state index is 0.519. The fraction of sp³-hybridized carbons (Fsp3) is 0.500. The van der Waals surface area contributed by atoms with E-state index in [0.29, 0.717) is 11.2 Å². The lowest BCUT2D eigenvalue weighted by molar-refractivity contribution is 0.167. The zero-order valence-corrected chi connectivity index (χ0v) is 12.8. The Bertz CT molecular complexity index is 575. The predicted octanol–water partition coefficient (Wildman–Crippen LogP) is 3.64. The first-order valence-corrected chi connectivity index (χ1v) is 7.93. The summed E-state index contributed by atoms with van der Waals surface area (Å²) in [5, 5.41) is 2.92. The average Bonchev–Trinajstić information content (AvgIpc) is 3.00. The van der Waals surface area contributed by atoms with Gasteiger partial charge in [0.15, 0.2) is 0 Å². The second-order valence-corrected chi connectivity index (χ2v) is 6.39. The smallest absolute Gasteiger partial charge is 0.128 e. The van der Waals surface area contributed by atoms with Crippen LogP contribution >= 0.6 is 22.9 Å². The van der Waals surface area contributed by atoms with Gasteiger partial charge in [0.1, 0.15) is 11.0 Å². The normalized spacial score (nSPS) is 19.6. The van der Waals surface area contributed by atoms with Crippen molar-refractivity contribution in [2.45, 2.75) is 32.4 Å². The lowest BCUT2D eigenvalue weighted by Gasteiger charge is -2.35. The van der Waals surface area contributed by atoms with Crippen molar-refractivity contribution in [3.05, 3.63) is 39.1 Å². The largest absolute Gasteiger partial charge is 0.321 e. The molecular formula is C14H18ClN3S. The number of hydrogen-bond acceptors (Lipinski definition) is 3. The van der Waals surface area contributed by atoms with Crippen LogP contribution in [0.5, 0.6) is 0 Å². The molecule has 102 valence electrons. The molecule has 19 heavy (non-hydrogen) atoms. The SMILES string of the molecule is CC[C@@H]1c2ccsc2CCN1Cc1ncc(Cl)n1C. The van der Waals surface area contributed by atoms with E-state index in [-0.39, 0.29) is 0 Å². The monoisotopic (exact) mass is 295 g/mol. The van der Waals surface area contributed by atoms with Gasteiger partial charge >= 0.3 is 0 Å². The summed E-state index contributed by atoms with van der Waals surface area (Å²) in [6, 6.07) is 2.80. The first kappa shape index (κ1) is 13.2. The molecule has 0 aromatic carbocycles. The Balaban J connectivity index is 1.84. The van der Waals surface area contributed by atoms with Crippen LogP contribution in [-0.2, 0) is 20.0 Å². The third-order valence-electron chi connectivity index (χ3n) is 3.96. The molecule has 1 aliphatic heterocycles. The summed E-state index contributed by atoms with van der Waals surface area (Å²) < 4.78 is 1.97. The Kier molecular flexibility index (Phi) is 3.65. The number of aromatic nitrogens is 2. The first-order valence-electron chi connectivity index (χ1n) is 6.67. The van der Waals surface area contributed by atoms with Crippen LogP contribution in [0.2, 0.25) is 5.15 Å². The van der Waals surface area contributed by atoms with Crippen molar-refractivity contribution in [2.24, 2.45) is 7.05 Å². The zero-order valence-electron chi connectivity index (χ0n) is 11.3. The van der Waals surface area contributed by atoms with Crippen molar-refractivity contribution in [1.82, 2.24) is 14.5 Å². The molecule has 0 N–H and O–H groups in total. The van der Waals surface area contributed by atoms with E-state index < -0.39 is 0 Å². The molecule has 0 saturated heterocycles. The number of imidazole rings is 1. The number of rotatable bonds is 3. The molecule has 2 aromatic heterocycles. The molecule has 0 fully saturated rings. The topological polar surface area (TPSA) is 21.1 Å². The molecule has 0 radical (unpaired) electrons. The van der Waals surface area contributed by atoms with Crippen LogP contribution in [0, 0.1) is 0 Å². The zero-order chi connectivity index (χ0) is 13.4. The lowest BCUT2D eigenvalue weighted by atomic mass is 9.98. The number of thiophene rings is 1. The highest BCUT2D eigenvalue weighted by Crippen LogP contribution is 2.35. The Morgan fingerprint density at radius 3 is 3.05 bits per heavy atom. The Morgan fingerprint density at radius 1 is 1.53 bits per heavy atom. The van der Waals surface area contributed by atoms with Gasteiger partial charge in [0.05, 0.1) is 12.7 Å². The maximum Gasteiger partial charge on any atom is 0.128 e. The van der Waals surface area contributed by atoms with E-state index in [1.165, 1.54) is 5.56 Å². The Labute approximate surface area is 122 Å². The Morgan fingerprint density at radius 2 is 2.37 bits per heavy atom. The van der Waals surface area contributed by atoms with Crippen LogP contribution < -0.4 is 0 Å². The van der Waals surface area contributed by atoms with Gasteiger partial charge in [-0.3, -0.25) is 4.90 Å². The van der Waals surface area contributed by atoms with Gasteiger partial charge in [-0.05, 0) is 29.9 Å². The van der Waals surface area contributed by atoms with Gasteiger partial charge in [0.2, 0.25) is 0 Å². The first-order chi connectivity index (χ1) is 9.20. The molecule has 0 saturated carbocycles. The van der Waals surface area contributed by atoms with Gasteiger partial charge in [-0.1, -0.05) is 18.5 Å². The fourth-order valence-corrected chi connectivity index (χ4v) is 3.94. The quantitative estimate of drug-likeness (QED) is 0.862. The van der Waals surface area contributed by atoms with E-state index in [4.69, 9.17) is 11.6 Å². The molecule has 5 heteroatoms. The lowest BCUT2D eigenvalue weighted by Crippen LogP contribution is -2.34. The molecule has 0 aliphatic carbocycles. The number of nitrogens with zero attached hydrogens (tertiary/aromatic N) is 3. The maximum absolute atomic E-state index is 6.06. The molecule has 1 atom stereocenters. The second-order valence-electron chi connectivity index (χ2n) is 5.00.